The van der Waals surface area contributed by atoms with Crippen molar-refractivity contribution in [3.63, 3.8) is 0 Å². The minimum absolute atomic E-state index is 0.154. The quantitative estimate of drug-likeness (QED) is 0.737. The van der Waals surface area contributed by atoms with E-state index in [1.54, 1.807) is 18.2 Å². The molecular formula is C28H32O2. The number of rotatable bonds is 4. The van der Waals surface area contributed by atoms with Crippen molar-refractivity contribution in [3.05, 3.63) is 65.2 Å². The van der Waals surface area contributed by atoms with Crippen LogP contribution >= 0.6 is 0 Å². The van der Waals surface area contributed by atoms with E-state index in [0.717, 1.165) is 46.8 Å². The molecule has 7 saturated carbocycles. The number of hydrogen-bond acceptors (Lipinski definition) is 2. The van der Waals surface area contributed by atoms with Gasteiger partial charge in [0.05, 0.1) is 13.7 Å². The first-order valence-corrected chi connectivity index (χ1v) is 12.0. The molecule has 0 atom stereocenters. The van der Waals surface area contributed by atoms with E-state index < -0.39 is 0 Å². The summed E-state index contributed by atoms with van der Waals surface area (Å²) in [5.41, 5.74) is 5.07. The lowest BCUT2D eigenvalue weighted by Gasteiger charge is -2.75. The number of benzene rings is 2. The van der Waals surface area contributed by atoms with E-state index in [1.807, 2.05) is 0 Å². The van der Waals surface area contributed by atoms with E-state index in [9.17, 15) is 5.11 Å². The smallest absolute Gasteiger partial charge is 0.118 e. The average Bonchev–Trinajstić information content (AvgIpc) is 2.82. The first kappa shape index (κ1) is 17.8. The SMILES string of the molecule is COc1ccc(C23CC4C5CC6(c7ccc(CO)cc7)CC4C(C2)C(C6)C5C3)cc1. The van der Waals surface area contributed by atoms with Crippen molar-refractivity contribution in [2.24, 2.45) is 35.5 Å². The Labute approximate surface area is 179 Å². The van der Waals surface area contributed by atoms with E-state index in [1.165, 1.54) is 38.5 Å². The Morgan fingerprint density at radius 1 is 0.667 bits per heavy atom. The van der Waals surface area contributed by atoms with Gasteiger partial charge in [0.1, 0.15) is 5.75 Å². The first-order valence-electron chi connectivity index (χ1n) is 12.0. The molecule has 2 aromatic rings. The maximum Gasteiger partial charge on any atom is 0.118 e. The molecule has 156 valence electrons. The summed E-state index contributed by atoms with van der Waals surface area (Å²) in [5, 5.41) is 9.45. The second-order valence-electron chi connectivity index (χ2n) is 11.4. The fourth-order valence-electron chi connectivity index (χ4n) is 9.54. The Bertz CT molecular complexity index is 828. The zero-order chi connectivity index (χ0) is 20.1. The molecule has 0 saturated heterocycles. The molecule has 1 N–H and O–H groups in total. The number of aliphatic hydroxyl groups is 1. The summed E-state index contributed by atoms with van der Waals surface area (Å²) < 4.78 is 5.43. The summed E-state index contributed by atoms with van der Waals surface area (Å²) >= 11 is 0. The second-order valence-corrected chi connectivity index (χ2v) is 11.4. The van der Waals surface area contributed by atoms with Gasteiger partial charge in [-0.2, -0.15) is 0 Å². The molecule has 2 nitrogen and oxygen atoms in total. The molecule has 0 aromatic heterocycles. The van der Waals surface area contributed by atoms with Crippen LogP contribution in [0, 0.1) is 35.5 Å². The number of methoxy groups -OCH3 is 1. The zero-order valence-electron chi connectivity index (χ0n) is 17.9. The Balaban J connectivity index is 1.24. The lowest BCUT2D eigenvalue weighted by Crippen LogP contribution is -2.69. The predicted octanol–water partition coefficient (Wildman–Crippen LogP) is 5.47. The highest BCUT2D eigenvalue weighted by atomic mass is 16.5. The third kappa shape index (κ3) is 2.14. The van der Waals surface area contributed by atoms with Crippen molar-refractivity contribution < 1.29 is 9.84 Å². The van der Waals surface area contributed by atoms with Crippen LogP contribution in [0.15, 0.2) is 48.5 Å². The van der Waals surface area contributed by atoms with E-state index in [0.29, 0.717) is 10.8 Å². The van der Waals surface area contributed by atoms with E-state index in [4.69, 9.17) is 4.74 Å². The number of ether oxygens (including phenoxy) is 1. The van der Waals surface area contributed by atoms with Crippen LogP contribution in [0.4, 0.5) is 0 Å². The molecular weight excluding hydrogens is 368 g/mol. The molecule has 0 amide bonds. The van der Waals surface area contributed by atoms with Gasteiger partial charge in [0.2, 0.25) is 0 Å². The molecule has 0 radical (unpaired) electrons. The Hall–Kier alpha value is -1.80. The van der Waals surface area contributed by atoms with Gasteiger partial charge >= 0.3 is 0 Å². The Morgan fingerprint density at radius 2 is 1.03 bits per heavy atom. The minimum Gasteiger partial charge on any atom is -0.497 e. The summed E-state index contributed by atoms with van der Waals surface area (Å²) in [7, 11) is 1.76. The molecule has 7 fully saturated rings. The first-order chi connectivity index (χ1) is 14.6. The van der Waals surface area contributed by atoms with Gasteiger partial charge in [0, 0.05) is 0 Å². The fourth-order valence-corrected chi connectivity index (χ4v) is 9.54. The standard InChI is InChI=1S/C28H32O2/c1-30-20-8-6-19(7-9-20)28-13-24-21-10-27(18-4-2-17(16-29)3-5-18)11-22(24)26(15-28)23(12-27)25(21)14-28/h2-9,21-26,29H,10-16H2,1H3. The van der Waals surface area contributed by atoms with Gasteiger partial charge in [-0.1, -0.05) is 36.4 Å². The van der Waals surface area contributed by atoms with Crippen molar-refractivity contribution in [3.8, 4) is 5.75 Å². The van der Waals surface area contributed by atoms with Crippen molar-refractivity contribution in [1.82, 2.24) is 0 Å². The molecule has 2 heteroatoms. The van der Waals surface area contributed by atoms with Crippen LogP contribution in [0.2, 0.25) is 0 Å². The maximum absolute atomic E-state index is 9.45. The topological polar surface area (TPSA) is 29.5 Å². The van der Waals surface area contributed by atoms with Crippen molar-refractivity contribution in [2.75, 3.05) is 7.11 Å². The third-order valence-electron chi connectivity index (χ3n) is 10.5. The van der Waals surface area contributed by atoms with Gasteiger partial charge in [-0.25, -0.2) is 0 Å². The maximum atomic E-state index is 9.45. The highest BCUT2D eigenvalue weighted by molar-refractivity contribution is 5.39. The molecule has 9 rings (SSSR count). The van der Waals surface area contributed by atoms with Crippen molar-refractivity contribution in [2.45, 2.75) is 56.0 Å². The van der Waals surface area contributed by atoms with Crippen LogP contribution in [-0.2, 0) is 17.4 Å². The van der Waals surface area contributed by atoms with Gasteiger partial charge in [-0.05, 0) is 114 Å². The fraction of sp³-hybridized carbons (Fsp3) is 0.571. The summed E-state index contributed by atoms with van der Waals surface area (Å²) in [6.45, 7) is 0.154. The molecule has 30 heavy (non-hydrogen) atoms. The monoisotopic (exact) mass is 400 g/mol. The average molecular weight is 401 g/mol. The molecule has 2 aromatic carbocycles. The third-order valence-corrected chi connectivity index (χ3v) is 10.5. The van der Waals surface area contributed by atoms with Crippen LogP contribution in [0.1, 0.15) is 55.2 Å². The van der Waals surface area contributed by atoms with Gasteiger partial charge in [0.25, 0.3) is 0 Å². The Morgan fingerprint density at radius 3 is 1.37 bits per heavy atom. The normalized spacial score (nSPS) is 44.6. The van der Waals surface area contributed by atoms with E-state index in [2.05, 4.69) is 48.5 Å². The minimum atomic E-state index is 0.154. The van der Waals surface area contributed by atoms with Gasteiger partial charge < -0.3 is 9.84 Å². The summed E-state index contributed by atoms with van der Waals surface area (Å²) in [4.78, 5) is 0. The van der Waals surface area contributed by atoms with Crippen molar-refractivity contribution in [1.29, 1.82) is 0 Å². The van der Waals surface area contributed by atoms with Gasteiger partial charge in [-0.15, -0.1) is 0 Å². The number of aliphatic hydroxyl groups excluding tert-OH is 1. The van der Waals surface area contributed by atoms with Crippen molar-refractivity contribution >= 4 is 0 Å². The molecule has 8 bridgehead atoms. The summed E-state index contributed by atoms with van der Waals surface area (Å²) in [6, 6.07) is 18.1. The van der Waals surface area contributed by atoms with E-state index in [-0.39, 0.29) is 6.61 Å². The predicted molar refractivity (Wildman–Crippen MR) is 117 cm³/mol. The van der Waals surface area contributed by atoms with Gasteiger partial charge in [-0.3, -0.25) is 0 Å². The molecule has 0 heterocycles. The lowest BCUT2D eigenvalue weighted by atomic mass is 9.29. The van der Waals surface area contributed by atoms with E-state index >= 15 is 0 Å². The number of hydrogen-bond donors (Lipinski definition) is 1. The molecule has 7 aliphatic carbocycles. The summed E-state index contributed by atoms with van der Waals surface area (Å²) in [6.07, 6.45) is 8.52. The highest BCUT2D eigenvalue weighted by Gasteiger charge is 2.70. The lowest BCUT2D eigenvalue weighted by molar-refractivity contribution is -0.221. The molecule has 0 unspecified atom stereocenters. The largest absolute Gasteiger partial charge is 0.497 e. The van der Waals surface area contributed by atoms with Crippen LogP contribution in [0.5, 0.6) is 5.75 Å². The zero-order valence-corrected chi connectivity index (χ0v) is 17.9. The molecule has 7 aliphatic rings. The van der Waals surface area contributed by atoms with Crippen LogP contribution in [0.25, 0.3) is 0 Å². The molecule has 0 aliphatic heterocycles. The van der Waals surface area contributed by atoms with Crippen LogP contribution in [0.3, 0.4) is 0 Å². The summed E-state index contributed by atoms with van der Waals surface area (Å²) in [5.74, 6) is 6.67. The second kappa shape index (κ2) is 5.91. The van der Waals surface area contributed by atoms with Crippen LogP contribution in [-0.4, -0.2) is 12.2 Å². The van der Waals surface area contributed by atoms with Crippen LogP contribution < -0.4 is 4.74 Å². The van der Waals surface area contributed by atoms with Gasteiger partial charge in [0.15, 0.2) is 0 Å². The molecule has 0 spiro atoms. The Kier molecular flexibility index (Phi) is 3.51. The highest BCUT2D eigenvalue weighted by Crippen LogP contribution is 2.77.